The van der Waals surface area contributed by atoms with E-state index in [0.29, 0.717) is 49.7 Å². The molecule has 0 spiro atoms. The maximum Gasteiger partial charge on any atom is 0.257 e. The van der Waals surface area contributed by atoms with Crippen LogP contribution in [0.3, 0.4) is 0 Å². The fourth-order valence-electron chi connectivity index (χ4n) is 5.52. The van der Waals surface area contributed by atoms with E-state index in [4.69, 9.17) is 14.1 Å². The van der Waals surface area contributed by atoms with Crippen molar-refractivity contribution >= 4 is 11.7 Å². The molecule has 1 aliphatic carbocycles. The normalized spacial score (nSPS) is 22.3. The molecule has 0 N–H and O–H groups in total. The number of anilines is 1. The van der Waals surface area contributed by atoms with Gasteiger partial charge in [-0.3, -0.25) is 4.79 Å². The molecular formula is C27H34N4O3. The first-order chi connectivity index (χ1) is 16.3. The second-order valence-corrected chi connectivity index (χ2v) is 10.9. The molecule has 5 rings (SSSR count). The zero-order valence-electron chi connectivity index (χ0n) is 20.6. The Bertz CT molecular complexity index is 1110. The van der Waals surface area contributed by atoms with Gasteiger partial charge in [-0.05, 0) is 44.2 Å². The first-order valence-electron chi connectivity index (χ1n) is 12.5. The van der Waals surface area contributed by atoms with Crippen LogP contribution in [0.2, 0.25) is 0 Å². The molecular weight excluding hydrogens is 428 g/mol. The Hall–Kier alpha value is -2.85. The van der Waals surface area contributed by atoms with Crippen molar-refractivity contribution in [2.24, 2.45) is 5.92 Å². The third-order valence-electron chi connectivity index (χ3n) is 7.76. The van der Waals surface area contributed by atoms with Crippen LogP contribution >= 0.6 is 0 Å². The number of carbonyl (C=O) groups is 1. The monoisotopic (exact) mass is 462 g/mol. The van der Waals surface area contributed by atoms with Crippen molar-refractivity contribution in [2.45, 2.75) is 77.5 Å². The summed E-state index contributed by atoms with van der Waals surface area (Å²) >= 11 is 0. The average molecular weight is 463 g/mol. The van der Waals surface area contributed by atoms with Gasteiger partial charge in [-0.2, -0.15) is 5.26 Å². The van der Waals surface area contributed by atoms with Crippen LogP contribution in [0.15, 0.2) is 23.0 Å². The lowest BCUT2D eigenvalue weighted by Crippen LogP contribution is -2.57. The van der Waals surface area contributed by atoms with Crippen LogP contribution < -0.4 is 4.90 Å². The second kappa shape index (κ2) is 8.74. The molecule has 0 aromatic carbocycles. The number of piperazine rings is 1. The van der Waals surface area contributed by atoms with Gasteiger partial charge in [0.25, 0.3) is 5.91 Å². The Morgan fingerprint density at radius 1 is 1.26 bits per heavy atom. The summed E-state index contributed by atoms with van der Waals surface area (Å²) in [5.41, 5.74) is 4.35. The minimum Gasteiger partial charge on any atom is -0.472 e. The molecule has 7 heteroatoms. The highest BCUT2D eigenvalue weighted by atomic mass is 16.5. The van der Waals surface area contributed by atoms with Gasteiger partial charge in [-0.1, -0.05) is 20.3 Å². The molecule has 2 aromatic rings. The number of pyridine rings is 1. The van der Waals surface area contributed by atoms with Crippen LogP contribution in [0.4, 0.5) is 5.82 Å². The Kier molecular flexibility index (Phi) is 5.89. The van der Waals surface area contributed by atoms with Crippen LogP contribution in [-0.2, 0) is 17.8 Å². The van der Waals surface area contributed by atoms with Crippen LogP contribution in [0.5, 0.6) is 0 Å². The van der Waals surface area contributed by atoms with E-state index in [9.17, 15) is 10.1 Å². The summed E-state index contributed by atoms with van der Waals surface area (Å²) in [6, 6.07) is 4.25. The first kappa shape index (κ1) is 22.9. The number of carbonyl (C=O) groups excluding carboxylic acids is 1. The van der Waals surface area contributed by atoms with Crippen LogP contribution in [0.1, 0.15) is 85.6 Å². The molecule has 0 bridgehead atoms. The number of hydrogen-bond donors (Lipinski definition) is 0. The molecule has 0 unspecified atom stereocenters. The molecule has 1 atom stereocenters. The van der Waals surface area contributed by atoms with Gasteiger partial charge >= 0.3 is 0 Å². The van der Waals surface area contributed by atoms with Crippen molar-refractivity contribution < 1.29 is 13.9 Å². The van der Waals surface area contributed by atoms with Gasteiger partial charge in [-0.25, -0.2) is 4.98 Å². The number of aromatic nitrogens is 1. The molecule has 3 aliphatic rings. The minimum absolute atomic E-state index is 0.0000576. The summed E-state index contributed by atoms with van der Waals surface area (Å²) in [7, 11) is 0. The zero-order chi connectivity index (χ0) is 24.0. The smallest absolute Gasteiger partial charge is 0.257 e. The lowest BCUT2D eigenvalue weighted by molar-refractivity contribution is -0.0410. The Balaban J connectivity index is 1.52. The molecule has 1 amide bonds. The highest BCUT2D eigenvalue weighted by molar-refractivity contribution is 5.94. The van der Waals surface area contributed by atoms with Crippen molar-refractivity contribution in [2.75, 3.05) is 24.5 Å². The van der Waals surface area contributed by atoms with Gasteiger partial charge in [0.1, 0.15) is 18.2 Å². The lowest BCUT2D eigenvalue weighted by atomic mass is 9.78. The van der Waals surface area contributed by atoms with Gasteiger partial charge < -0.3 is 19.0 Å². The fourth-order valence-corrected chi connectivity index (χ4v) is 5.52. The first-order valence-corrected chi connectivity index (χ1v) is 12.5. The number of rotatable bonds is 4. The van der Waals surface area contributed by atoms with E-state index in [1.165, 1.54) is 18.9 Å². The van der Waals surface area contributed by atoms with Crippen molar-refractivity contribution in [3.8, 4) is 6.07 Å². The predicted molar refractivity (Wildman–Crippen MR) is 129 cm³/mol. The SMILES string of the molecule is CC(C)[C@@H]1CN(c2nc(C3CCC3)c3c(c2C#N)CC(C)(C)OC3)CCN1C(=O)c1ccoc1. The third-order valence-corrected chi connectivity index (χ3v) is 7.76. The molecule has 2 aromatic heterocycles. The summed E-state index contributed by atoms with van der Waals surface area (Å²) in [4.78, 5) is 22.5. The van der Waals surface area contributed by atoms with Gasteiger partial charge in [0.15, 0.2) is 0 Å². The second-order valence-electron chi connectivity index (χ2n) is 10.9. The number of ether oxygens (including phenoxy) is 1. The van der Waals surface area contributed by atoms with E-state index in [1.54, 1.807) is 6.07 Å². The van der Waals surface area contributed by atoms with E-state index in [1.807, 2.05) is 4.90 Å². The number of amides is 1. The van der Waals surface area contributed by atoms with Gasteiger partial charge in [0.05, 0.1) is 41.3 Å². The quantitative estimate of drug-likeness (QED) is 0.658. The average Bonchev–Trinajstić information content (AvgIpc) is 3.31. The van der Waals surface area contributed by atoms with E-state index in [0.717, 1.165) is 35.5 Å². The molecule has 180 valence electrons. The van der Waals surface area contributed by atoms with Crippen LogP contribution in [0, 0.1) is 17.2 Å². The Labute approximate surface area is 201 Å². The number of hydrogen-bond acceptors (Lipinski definition) is 6. The van der Waals surface area contributed by atoms with E-state index < -0.39 is 0 Å². The number of nitriles is 1. The van der Waals surface area contributed by atoms with Crippen LogP contribution in [-0.4, -0.2) is 47.1 Å². The van der Waals surface area contributed by atoms with E-state index in [2.05, 4.69) is 38.7 Å². The van der Waals surface area contributed by atoms with Crippen molar-refractivity contribution in [3.63, 3.8) is 0 Å². The zero-order valence-corrected chi connectivity index (χ0v) is 20.6. The van der Waals surface area contributed by atoms with Crippen molar-refractivity contribution in [1.29, 1.82) is 5.26 Å². The maximum atomic E-state index is 13.2. The van der Waals surface area contributed by atoms with Gasteiger partial charge in [0.2, 0.25) is 0 Å². The summed E-state index contributed by atoms with van der Waals surface area (Å²) < 4.78 is 11.3. The van der Waals surface area contributed by atoms with Crippen molar-refractivity contribution in [3.05, 3.63) is 46.5 Å². The highest BCUT2D eigenvalue weighted by Gasteiger charge is 2.38. The molecule has 1 saturated carbocycles. The van der Waals surface area contributed by atoms with Gasteiger partial charge in [0, 0.05) is 37.5 Å². The summed E-state index contributed by atoms with van der Waals surface area (Å²) in [6.45, 7) is 10.9. The molecule has 4 heterocycles. The molecule has 2 aliphatic heterocycles. The number of fused-ring (bicyclic) bond motifs is 1. The Morgan fingerprint density at radius 2 is 2.06 bits per heavy atom. The Morgan fingerprint density at radius 3 is 2.68 bits per heavy atom. The van der Waals surface area contributed by atoms with E-state index >= 15 is 0 Å². The van der Waals surface area contributed by atoms with E-state index in [-0.39, 0.29) is 23.5 Å². The number of nitrogens with zero attached hydrogens (tertiary/aromatic N) is 4. The largest absolute Gasteiger partial charge is 0.472 e. The molecule has 0 radical (unpaired) electrons. The minimum atomic E-state index is -0.301. The standard InChI is InChI=1S/C27H34N4O3/c1-17(2)23-14-30(9-10-31(23)26(32)19-8-11-33-15-19)25-21(13-28)20-12-27(3,4)34-16-22(20)24(29-25)18-6-5-7-18/h8,11,15,17-18,23H,5-7,9-10,12,14,16H2,1-4H3/t23-/m0/s1. The van der Waals surface area contributed by atoms with Gasteiger partial charge in [-0.15, -0.1) is 0 Å². The topological polar surface area (TPSA) is 82.6 Å². The predicted octanol–water partition coefficient (Wildman–Crippen LogP) is 4.65. The molecule has 2 fully saturated rings. The molecule has 7 nitrogen and oxygen atoms in total. The molecule has 34 heavy (non-hydrogen) atoms. The number of furan rings is 1. The fraction of sp³-hybridized carbons (Fsp3) is 0.593. The summed E-state index contributed by atoms with van der Waals surface area (Å²) in [5.74, 6) is 1.51. The van der Waals surface area contributed by atoms with Crippen molar-refractivity contribution in [1.82, 2.24) is 9.88 Å². The lowest BCUT2D eigenvalue weighted by Gasteiger charge is -2.45. The maximum absolute atomic E-state index is 13.2. The third kappa shape index (κ3) is 3.98. The summed E-state index contributed by atoms with van der Waals surface area (Å²) in [6.07, 6.45) is 7.29. The molecule has 1 saturated heterocycles. The van der Waals surface area contributed by atoms with Crippen LogP contribution in [0.25, 0.3) is 0 Å². The summed E-state index contributed by atoms with van der Waals surface area (Å²) in [5, 5.41) is 10.3. The highest BCUT2D eigenvalue weighted by Crippen LogP contribution is 2.43.